The molecule has 4 rings (SSSR count). The monoisotopic (exact) mass is 518 g/mol. The third kappa shape index (κ3) is 5.77. The summed E-state index contributed by atoms with van der Waals surface area (Å²) in [4.78, 5) is 54.2. The van der Waals surface area contributed by atoms with Gasteiger partial charge in [-0.3, -0.25) is 19.0 Å². The van der Waals surface area contributed by atoms with Crippen LogP contribution in [0.15, 0.2) is 58.1 Å². The first-order valence-corrected chi connectivity index (χ1v) is 13.1. The Labute approximate surface area is 221 Å². The number of benzene rings is 2. The molecule has 1 amide bonds. The lowest BCUT2D eigenvalue weighted by Gasteiger charge is -2.30. The van der Waals surface area contributed by atoms with Crippen LogP contribution in [0, 0.1) is 12.8 Å². The lowest BCUT2D eigenvalue weighted by atomic mass is 9.97. The normalized spacial score (nSPS) is 14.1. The number of piperidine rings is 1. The van der Waals surface area contributed by atoms with Gasteiger partial charge in [0.25, 0.3) is 11.5 Å². The number of amides is 1. The lowest BCUT2D eigenvalue weighted by molar-refractivity contribution is -0.149. The fraction of sp³-hybridized carbons (Fsp3) is 0.414. The molecule has 0 aliphatic carbocycles. The first-order chi connectivity index (χ1) is 18.2. The summed E-state index contributed by atoms with van der Waals surface area (Å²) in [6, 6.07) is 14.9. The highest BCUT2D eigenvalue weighted by atomic mass is 16.5. The summed E-state index contributed by atoms with van der Waals surface area (Å²) < 4.78 is 7.31. The molecule has 0 radical (unpaired) electrons. The number of nitrogens with zero attached hydrogens (tertiary/aromatic N) is 4. The minimum absolute atomic E-state index is 0.0111. The highest BCUT2D eigenvalue weighted by Crippen LogP contribution is 2.20. The molecule has 1 saturated heterocycles. The Hall–Kier alpha value is -4.01. The summed E-state index contributed by atoms with van der Waals surface area (Å²) in [5.41, 5.74) is 1.65. The predicted molar refractivity (Wildman–Crippen MR) is 144 cm³/mol. The second kappa shape index (κ2) is 11.6. The van der Waals surface area contributed by atoms with Crippen LogP contribution in [0.25, 0.3) is 5.69 Å². The minimum Gasteiger partial charge on any atom is -0.466 e. The molecule has 0 spiro atoms. The maximum absolute atomic E-state index is 13.5. The van der Waals surface area contributed by atoms with E-state index in [0.717, 1.165) is 25.9 Å². The van der Waals surface area contributed by atoms with E-state index in [1.807, 2.05) is 43.3 Å². The van der Waals surface area contributed by atoms with Crippen LogP contribution in [-0.4, -0.2) is 50.8 Å². The molecule has 1 aromatic heterocycles. The third-order valence-corrected chi connectivity index (χ3v) is 6.89. The Kier molecular flexibility index (Phi) is 8.24. The number of ether oxygens (including phenoxy) is 1. The summed E-state index contributed by atoms with van der Waals surface area (Å²) in [6.45, 7) is 8.75. The molecular formula is C29H34N4O5. The number of aromatic nitrogens is 3. The Balaban J connectivity index is 1.73. The van der Waals surface area contributed by atoms with Crippen molar-refractivity contribution in [3.63, 3.8) is 0 Å². The molecule has 0 unspecified atom stereocenters. The Bertz CT molecular complexity index is 1430. The molecule has 0 bridgehead atoms. The molecule has 2 aromatic carbocycles. The highest BCUT2D eigenvalue weighted by Gasteiger charge is 2.31. The van der Waals surface area contributed by atoms with Crippen LogP contribution in [0.2, 0.25) is 0 Å². The van der Waals surface area contributed by atoms with E-state index in [-0.39, 0.29) is 24.1 Å². The molecule has 0 N–H and O–H groups in total. The van der Waals surface area contributed by atoms with Crippen molar-refractivity contribution in [2.75, 3.05) is 19.7 Å². The van der Waals surface area contributed by atoms with Crippen LogP contribution in [0.1, 0.15) is 66.7 Å². The molecule has 1 aliphatic rings. The average molecular weight is 519 g/mol. The van der Waals surface area contributed by atoms with Gasteiger partial charge in [0.15, 0.2) is 0 Å². The van der Waals surface area contributed by atoms with Gasteiger partial charge in [0.2, 0.25) is 5.69 Å². The zero-order valence-corrected chi connectivity index (χ0v) is 22.3. The highest BCUT2D eigenvalue weighted by molar-refractivity contribution is 5.92. The standard InChI is InChI=1S/C29H34N4O5/c1-5-38-28(36)23-13-15-31(16-14-23)26(34)25-27(35)32(18-21-8-6-7-20(4)17-21)29(37)33(30-25)24-11-9-22(10-12-24)19(2)3/h6-12,17,19,23H,5,13-16,18H2,1-4H3. The van der Waals surface area contributed by atoms with E-state index in [1.165, 1.54) is 4.90 Å². The first kappa shape index (κ1) is 27.0. The lowest BCUT2D eigenvalue weighted by Crippen LogP contribution is -2.48. The van der Waals surface area contributed by atoms with Crippen molar-refractivity contribution < 1.29 is 14.3 Å². The zero-order valence-electron chi connectivity index (χ0n) is 22.3. The van der Waals surface area contributed by atoms with Crippen molar-refractivity contribution in [1.29, 1.82) is 0 Å². The van der Waals surface area contributed by atoms with E-state index in [2.05, 4.69) is 18.9 Å². The molecule has 3 aromatic rings. The smallest absolute Gasteiger partial charge is 0.352 e. The van der Waals surface area contributed by atoms with Crippen LogP contribution in [0.5, 0.6) is 0 Å². The fourth-order valence-corrected chi connectivity index (χ4v) is 4.68. The number of rotatable bonds is 7. The molecule has 9 heteroatoms. The number of carbonyl (C=O) groups excluding carboxylic acids is 2. The summed E-state index contributed by atoms with van der Waals surface area (Å²) >= 11 is 0. The van der Waals surface area contributed by atoms with Crippen molar-refractivity contribution in [3.05, 3.63) is 91.8 Å². The van der Waals surface area contributed by atoms with Crippen molar-refractivity contribution in [1.82, 2.24) is 19.2 Å². The van der Waals surface area contributed by atoms with Crippen LogP contribution < -0.4 is 11.2 Å². The van der Waals surface area contributed by atoms with Gasteiger partial charge in [0, 0.05) is 13.1 Å². The van der Waals surface area contributed by atoms with Gasteiger partial charge >= 0.3 is 11.7 Å². The van der Waals surface area contributed by atoms with Crippen molar-refractivity contribution in [2.45, 2.75) is 53.0 Å². The number of hydrogen-bond acceptors (Lipinski definition) is 6. The number of esters is 1. The number of carbonyl (C=O) groups is 2. The zero-order chi connectivity index (χ0) is 27.4. The van der Waals surface area contributed by atoms with E-state index in [0.29, 0.717) is 44.1 Å². The van der Waals surface area contributed by atoms with Gasteiger partial charge in [-0.25, -0.2) is 4.79 Å². The molecule has 0 atom stereocenters. The second-order valence-corrected chi connectivity index (χ2v) is 9.99. The van der Waals surface area contributed by atoms with E-state index >= 15 is 0 Å². The molecule has 9 nitrogen and oxygen atoms in total. The van der Waals surface area contributed by atoms with Crippen LogP contribution in [-0.2, 0) is 16.1 Å². The van der Waals surface area contributed by atoms with Gasteiger partial charge in [-0.05, 0) is 55.9 Å². The Morgan fingerprint density at radius 1 is 1.05 bits per heavy atom. The number of aryl methyl sites for hydroxylation is 1. The van der Waals surface area contributed by atoms with Crippen molar-refractivity contribution in [2.24, 2.45) is 5.92 Å². The van der Waals surface area contributed by atoms with Crippen molar-refractivity contribution in [3.8, 4) is 5.69 Å². The predicted octanol–water partition coefficient (Wildman–Crippen LogP) is 3.29. The largest absolute Gasteiger partial charge is 0.466 e. The van der Waals surface area contributed by atoms with Crippen LogP contribution >= 0.6 is 0 Å². The van der Waals surface area contributed by atoms with Gasteiger partial charge in [0.1, 0.15) is 0 Å². The van der Waals surface area contributed by atoms with Crippen LogP contribution in [0.3, 0.4) is 0 Å². The van der Waals surface area contributed by atoms with Gasteiger partial charge in [-0.1, -0.05) is 55.8 Å². The Morgan fingerprint density at radius 2 is 1.74 bits per heavy atom. The number of likely N-dealkylation sites (tertiary alicyclic amines) is 1. The third-order valence-electron chi connectivity index (χ3n) is 6.89. The minimum atomic E-state index is -0.732. The quantitative estimate of drug-likeness (QED) is 0.445. The topological polar surface area (TPSA) is 104 Å². The van der Waals surface area contributed by atoms with E-state index in [9.17, 15) is 19.2 Å². The second-order valence-electron chi connectivity index (χ2n) is 9.99. The first-order valence-electron chi connectivity index (χ1n) is 13.1. The Morgan fingerprint density at radius 3 is 2.34 bits per heavy atom. The molecule has 2 heterocycles. The van der Waals surface area contributed by atoms with E-state index < -0.39 is 17.2 Å². The molecule has 200 valence electrons. The summed E-state index contributed by atoms with van der Waals surface area (Å²) in [6.07, 6.45) is 0.886. The summed E-state index contributed by atoms with van der Waals surface area (Å²) in [5, 5.41) is 4.28. The average Bonchev–Trinajstić information content (AvgIpc) is 2.91. The summed E-state index contributed by atoms with van der Waals surface area (Å²) in [5.74, 6) is -0.795. The van der Waals surface area contributed by atoms with Gasteiger partial charge in [-0.15, -0.1) is 0 Å². The molecule has 38 heavy (non-hydrogen) atoms. The SMILES string of the molecule is CCOC(=O)C1CCN(C(=O)c2nn(-c3ccc(C(C)C)cc3)c(=O)n(Cc3cccc(C)c3)c2=O)CC1. The number of hydrogen-bond donors (Lipinski definition) is 0. The van der Waals surface area contributed by atoms with Crippen molar-refractivity contribution >= 4 is 11.9 Å². The molecule has 1 fully saturated rings. The van der Waals surface area contributed by atoms with Gasteiger partial charge in [-0.2, -0.15) is 9.78 Å². The maximum atomic E-state index is 13.5. The van der Waals surface area contributed by atoms with Gasteiger partial charge < -0.3 is 9.64 Å². The molecular weight excluding hydrogens is 484 g/mol. The van der Waals surface area contributed by atoms with Gasteiger partial charge in [0.05, 0.1) is 24.8 Å². The van der Waals surface area contributed by atoms with E-state index in [4.69, 9.17) is 4.74 Å². The fourth-order valence-electron chi connectivity index (χ4n) is 4.68. The molecule has 0 saturated carbocycles. The maximum Gasteiger partial charge on any atom is 0.352 e. The van der Waals surface area contributed by atoms with Crippen LogP contribution in [0.4, 0.5) is 0 Å². The molecule has 1 aliphatic heterocycles. The van der Waals surface area contributed by atoms with E-state index in [1.54, 1.807) is 19.1 Å². The summed E-state index contributed by atoms with van der Waals surface area (Å²) in [7, 11) is 0.